The quantitative estimate of drug-likeness (QED) is 0.628. The van der Waals surface area contributed by atoms with E-state index in [-0.39, 0.29) is 17.5 Å². The summed E-state index contributed by atoms with van der Waals surface area (Å²) in [4.78, 5) is 0.231. The zero-order valence-electron chi connectivity index (χ0n) is 16.9. The Morgan fingerprint density at radius 2 is 1.70 bits per heavy atom. The number of aromatic nitrogens is 2. The lowest BCUT2D eigenvalue weighted by Crippen LogP contribution is -2.44. The number of hydrogen-bond donors (Lipinski definition) is 1. The smallest absolute Gasteiger partial charge is 0.247 e. The Morgan fingerprint density at radius 3 is 2.40 bits per heavy atom. The number of nitrogens with zero attached hydrogens (tertiary/aromatic N) is 3. The van der Waals surface area contributed by atoms with Gasteiger partial charge < -0.3 is 5.11 Å². The average Bonchev–Trinajstić information content (AvgIpc) is 3.20. The van der Waals surface area contributed by atoms with Crippen LogP contribution in [-0.4, -0.2) is 46.8 Å². The van der Waals surface area contributed by atoms with E-state index in [9.17, 15) is 13.5 Å². The van der Waals surface area contributed by atoms with Crippen LogP contribution in [0.15, 0.2) is 71.8 Å². The lowest BCUT2D eigenvalue weighted by molar-refractivity contribution is 0.192. The number of sulfonamides is 1. The highest BCUT2D eigenvalue weighted by molar-refractivity contribution is 7.89. The van der Waals surface area contributed by atoms with E-state index in [1.165, 1.54) is 0 Å². The Balaban J connectivity index is 1.76. The van der Waals surface area contributed by atoms with Crippen LogP contribution in [0.1, 0.15) is 31.2 Å². The predicted octanol–water partition coefficient (Wildman–Crippen LogP) is 3.52. The molecule has 2 heterocycles. The van der Waals surface area contributed by atoms with E-state index in [0.717, 1.165) is 30.4 Å². The summed E-state index contributed by atoms with van der Waals surface area (Å²) in [5.41, 5.74) is 2.30. The Hall–Kier alpha value is -2.48. The first-order valence-electron chi connectivity index (χ1n) is 10.4. The Bertz CT molecular complexity index is 1060. The lowest BCUT2D eigenvalue weighted by atomic mass is 10.0. The molecule has 1 aromatic heterocycles. The molecule has 0 spiro atoms. The zero-order chi connectivity index (χ0) is 21.0. The van der Waals surface area contributed by atoms with Gasteiger partial charge in [0, 0.05) is 31.0 Å². The largest absolute Gasteiger partial charge is 0.396 e. The van der Waals surface area contributed by atoms with Crippen LogP contribution >= 0.6 is 0 Å². The second-order valence-electron chi connectivity index (χ2n) is 7.67. The van der Waals surface area contributed by atoms with Gasteiger partial charge in [-0.3, -0.25) is 4.68 Å². The lowest BCUT2D eigenvalue weighted by Gasteiger charge is -2.34. The second kappa shape index (κ2) is 9.12. The predicted molar refractivity (Wildman–Crippen MR) is 116 cm³/mol. The molecule has 0 bridgehead atoms. The fourth-order valence-electron chi connectivity index (χ4n) is 4.09. The normalized spacial score (nSPS) is 17.8. The molecule has 6 nitrogen and oxygen atoms in total. The number of aliphatic hydroxyl groups excluding tert-OH is 1. The van der Waals surface area contributed by atoms with Crippen molar-refractivity contribution < 1.29 is 13.5 Å². The fourth-order valence-corrected chi connectivity index (χ4v) is 5.98. The van der Waals surface area contributed by atoms with E-state index < -0.39 is 10.0 Å². The van der Waals surface area contributed by atoms with Crippen LogP contribution in [-0.2, 0) is 16.6 Å². The molecular weight excluding hydrogens is 398 g/mol. The summed E-state index contributed by atoms with van der Waals surface area (Å²) in [6.45, 7) is 0.955. The van der Waals surface area contributed by atoms with E-state index >= 15 is 0 Å². The van der Waals surface area contributed by atoms with Crippen molar-refractivity contribution in [2.75, 3.05) is 13.2 Å². The van der Waals surface area contributed by atoms with Gasteiger partial charge in [0.05, 0.1) is 6.54 Å². The molecular formula is C23H27N3O3S. The standard InChI is InChI=1S/C23H27N3O3S/c27-16-14-21-13-7-8-15-26(21)30(28,29)22-18-25(17-19-9-3-1-4-10-19)24-23(22)20-11-5-2-6-12-20/h1-6,9-12,18,21,27H,7-8,13-17H2. The van der Waals surface area contributed by atoms with E-state index in [1.54, 1.807) is 15.2 Å². The molecule has 3 aromatic rings. The molecule has 2 aromatic carbocycles. The number of aliphatic hydroxyl groups is 1. The first-order chi connectivity index (χ1) is 14.6. The van der Waals surface area contributed by atoms with Crippen molar-refractivity contribution in [2.45, 2.75) is 43.2 Å². The van der Waals surface area contributed by atoms with E-state index in [2.05, 4.69) is 5.10 Å². The van der Waals surface area contributed by atoms with Gasteiger partial charge in [0.1, 0.15) is 10.6 Å². The highest BCUT2D eigenvalue weighted by Gasteiger charge is 2.36. The maximum atomic E-state index is 13.7. The third-order valence-electron chi connectivity index (χ3n) is 5.58. The van der Waals surface area contributed by atoms with Crippen molar-refractivity contribution >= 4 is 10.0 Å². The third-order valence-corrected chi connectivity index (χ3v) is 7.54. The summed E-state index contributed by atoms with van der Waals surface area (Å²) < 4.78 is 30.7. The van der Waals surface area contributed by atoms with Crippen molar-refractivity contribution in [1.82, 2.24) is 14.1 Å². The number of rotatable bonds is 7. The van der Waals surface area contributed by atoms with Crippen molar-refractivity contribution in [3.05, 3.63) is 72.4 Å². The summed E-state index contributed by atoms with van der Waals surface area (Å²) in [7, 11) is -3.74. The van der Waals surface area contributed by atoms with Gasteiger partial charge in [0.15, 0.2) is 0 Å². The van der Waals surface area contributed by atoms with Crippen molar-refractivity contribution in [3.63, 3.8) is 0 Å². The minimum atomic E-state index is -3.74. The molecule has 0 saturated carbocycles. The van der Waals surface area contributed by atoms with E-state index in [4.69, 9.17) is 0 Å². The highest BCUT2D eigenvalue weighted by Crippen LogP contribution is 2.32. The number of benzene rings is 2. The molecule has 1 N–H and O–H groups in total. The molecule has 1 atom stereocenters. The summed E-state index contributed by atoms with van der Waals surface area (Å²) >= 11 is 0. The van der Waals surface area contributed by atoms with Crippen LogP contribution in [0.5, 0.6) is 0 Å². The Labute approximate surface area is 177 Å². The molecule has 1 fully saturated rings. The van der Waals surface area contributed by atoms with Gasteiger partial charge in [-0.15, -0.1) is 0 Å². The average molecular weight is 426 g/mol. The monoisotopic (exact) mass is 425 g/mol. The summed E-state index contributed by atoms with van der Waals surface area (Å²) in [5, 5.41) is 14.1. The van der Waals surface area contributed by atoms with Crippen molar-refractivity contribution in [1.29, 1.82) is 0 Å². The topological polar surface area (TPSA) is 75.4 Å². The van der Waals surface area contributed by atoms with Crippen molar-refractivity contribution in [2.24, 2.45) is 0 Å². The molecule has 0 radical (unpaired) electrons. The van der Waals surface area contributed by atoms with Crippen LogP contribution in [0.3, 0.4) is 0 Å². The first-order valence-corrected chi connectivity index (χ1v) is 11.8. The van der Waals surface area contributed by atoms with Gasteiger partial charge in [-0.05, 0) is 24.8 Å². The summed E-state index contributed by atoms with van der Waals surface area (Å²) in [6.07, 6.45) is 4.70. The molecule has 1 aliphatic heterocycles. The minimum absolute atomic E-state index is 0.0184. The molecule has 0 aliphatic carbocycles. The van der Waals surface area contributed by atoms with E-state index in [0.29, 0.717) is 25.2 Å². The molecule has 1 aliphatic rings. The van der Waals surface area contributed by atoms with Gasteiger partial charge >= 0.3 is 0 Å². The molecule has 1 unspecified atom stereocenters. The molecule has 0 amide bonds. The maximum Gasteiger partial charge on any atom is 0.247 e. The summed E-state index contributed by atoms with van der Waals surface area (Å²) in [6, 6.07) is 19.1. The van der Waals surface area contributed by atoms with Crippen LogP contribution in [0.25, 0.3) is 11.3 Å². The third kappa shape index (κ3) is 4.33. The Morgan fingerprint density at radius 1 is 1.00 bits per heavy atom. The molecule has 158 valence electrons. The van der Waals surface area contributed by atoms with Crippen LogP contribution in [0, 0.1) is 0 Å². The molecule has 7 heteroatoms. The highest BCUT2D eigenvalue weighted by atomic mass is 32.2. The van der Waals surface area contributed by atoms with Gasteiger partial charge in [-0.1, -0.05) is 67.1 Å². The zero-order valence-corrected chi connectivity index (χ0v) is 17.7. The fraction of sp³-hybridized carbons (Fsp3) is 0.348. The molecule has 1 saturated heterocycles. The van der Waals surface area contributed by atoms with Gasteiger partial charge in [0.25, 0.3) is 0 Å². The molecule has 4 rings (SSSR count). The maximum absolute atomic E-state index is 13.7. The van der Waals surface area contributed by atoms with Crippen LogP contribution in [0.2, 0.25) is 0 Å². The van der Waals surface area contributed by atoms with Gasteiger partial charge in [-0.25, -0.2) is 8.42 Å². The van der Waals surface area contributed by atoms with Crippen LogP contribution < -0.4 is 0 Å². The SMILES string of the molecule is O=S(=O)(c1cn(Cc2ccccc2)nc1-c1ccccc1)N1CCCCC1CCO. The molecule has 30 heavy (non-hydrogen) atoms. The number of piperidine rings is 1. The summed E-state index contributed by atoms with van der Waals surface area (Å²) in [5.74, 6) is 0. The first kappa shape index (κ1) is 20.8. The van der Waals surface area contributed by atoms with Crippen LogP contribution in [0.4, 0.5) is 0 Å². The van der Waals surface area contributed by atoms with Gasteiger partial charge in [-0.2, -0.15) is 9.40 Å². The minimum Gasteiger partial charge on any atom is -0.396 e. The number of hydrogen-bond acceptors (Lipinski definition) is 4. The van der Waals surface area contributed by atoms with Crippen molar-refractivity contribution in [3.8, 4) is 11.3 Å². The van der Waals surface area contributed by atoms with Gasteiger partial charge in [0.2, 0.25) is 10.0 Å². The second-order valence-corrected chi connectivity index (χ2v) is 9.53. The Kier molecular flexibility index (Phi) is 6.32. The van der Waals surface area contributed by atoms with E-state index in [1.807, 2.05) is 60.7 Å².